The minimum atomic E-state index is -1.04. The van der Waals surface area contributed by atoms with Gasteiger partial charge in [0.25, 0.3) is 0 Å². The van der Waals surface area contributed by atoms with E-state index in [1.54, 1.807) is 29.2 Å². The molecule has 118 valence electrons. The summed E-state index contributed by atoms with van der Waals surface area (Å²) < 4.78 is 1.67. The van der Waals surface area contributed by atoms with Crippen LogP contribution in [0.15, 0.2) is 66.6 Å². The zero-order valence-electron chi connectivity index (χ0n) is 12.5. The molecule has 0 saturated carbocycles. The lowest BCUT2D eigenvalue weighted by molar-refractivity contribution is -0.132. The number of benzene rings is 1. The highest BCUT2D eigenvalue weighted by Gasteiger charge is 2.27. The van der Waals surface area contributed by atoms with Gasteiger partial charge < -0.3 is 10.4 Å². The van der Waals surface area contributed by atoms with Gasteiger partial charge in [0.05, 0.1) is 0 Å². The van der Waals surface area contributed by atoms with E-state index in [2.05, 4.69) is 20.4 Å². The highest BCUT2D eigenvalue weighted by molar-refractivity contribution is 5.90. The summed E-state index contributed by atoms with van der Waals surface area (Å²) in [5.41, 5.74) is 1.77. The standard InChI is InChI=1S/C17H13N5O2/c23-16(24)13-9-14(12-7-4-8-18-10-12)22-17(19-13)20-15(21-22)11-5-2-1-3-6-11/h1-10,14H,(H,23,24)(H,19,20,21). The predicted molar refractivity (Wildman–Crippen MR) is 87.2 cm³/mol. The molecule has 3 heterocycles. The third kappa shape index (κ3) is 2.41. The Kier molecular flexibility index (Phi) is 3.31. The summed E-state index contributed by atoms with van der Waals surface area (Å²) >= 11 is 0. The Morgan fingerprint density at radius 2 is 2.00 bits per heavy atom. The van der Waals surface area contributed by atoms with Crippen LogP contribution in [0, 0.1) is 0 Å². The van der Waals surface area contributed by atoms with Crippen LogP contribution in [-0.2, 0) is 4.79 Å². The van der Waals surface area contributed by atoms with Crippen molar-refractivity contribution >= 4 is 11.9 Å². The summed E-state index contributed by atoms with van der Waals surface area (Å²) in [5, 5.41) is 16.7. The van der Waals surface area contributed by atoms with E-state index in [0.717, 1.165) is 11.1 Å². The van der Waals surface area contributed by atoms with Gasteiger partial charge in [0.2, 0.25) is 5.95 Å². The fourth-order valence-corrected chi connectivity index (χ4v) is 2.62. The van der Waals surface area contributed by atoms with Crippen LogP contribution < -0.4 is 5.32 Å². The average Bonchev–Trinajstić information content (AvgIpc) is 3.06. The quantitative estimate of drug-likeness (QED) is 0.769. The van der Waals surface area contributed by atoms with E-state index < -0.39 is 5.97 Å². The lowest BCUT2D eigenvalue weighted by Gasteiger charge is -2.21. The predicted octanol–water partition coefficient (Wildman–Crippen LogP) is 2.32. The maximum atomic E-state index is 11.4. The number of aliphatic carboxylic acids is 1. The van der Waals surface area contributed by atoms with Gasteiger partial charge in [0, 0.05) is 18.0 Å². The molecule has 2 N–H and O–H groups in total. The number of carboxylic acids is 1. The van der Waals surface area contributed by atoms with Crippen molar-refractivity contribution in [3.63, 3.8) is 0 Å². The smallest absolute Gasteiger partial charge is 0.352 e. The molecule has 24 heavy (non-hydrogen) atoms. The maximum absolute atomic E-state index is 11.4. The Morgan fingerprint density at radius 1 is 1.17 bits per heavy atom. The van der Waals surface area contributed by atoms with Crippen molar-refractivity contribution in [1.82, 2.24) is 19.7 Å². The number of anilines is 1. The molecule has 2 aromatic heterocycles. The highest BCUT2D eigenvalue weighted by atomic mass is 16.4. The topological polar surface area (TPSA) is 92.9 Å². The van der Waals surface area contributed by atoms with Crippen LogP contribution >= 0.6 is 0 Å². The van der Waals surface area contributed by atoms with Crippen LogP contribution in [-0.4, -0.2) is 30.8 Å². The number of carboxylic acid groups (broad SMARTS) is 1. The van der Waals surface area contributed by atoms with Gasteiger partial charge in [-0.25, -0.2) is 9.48 Å². The zero-order valence-corrected chi connectivity index (χ0v) is 12.5. The average molecular weight is 319 g/mol. The lowest BCUT2D eigenvalue weighted by atomic mass is 10.1. The zero-order chi connectivity index (χ0) is 16.5. The SMILES string of the molecule is O=C(O)C1=CC(c2cccnc2)n2nc(-c3ccccc3)nc2N1. The van der Waals surface area contributed by atoms with Gasteiger partial charge >= 0.3 is 5.97 Å². The molecule has 1 aromatic carbocycles. The minimum absolute atomic E-state index is 0.0726. The van der Waals surface area contributed by atoms with Gasteiger partial charge in [-0.05, 0) is 17.7 Å². The number of rotatable bonds is 3. The fraction of sp³-hybridized carbons (Fsp3) is 0.0588. The summed E-state index contributed by atoms with van der Waals surface area (Å²) in [6.07, 6.45) is 4.97. The molecule has 0 fully saturated rings. The molecule has 0 spiro atoms. The number of aromatic nitrogens is 4. The Bertz CT molecular complexity index is 919. The highest BCUT2D eigenvalue weighted by Crippen LogP contribution is 2.30. The van der Waals surface area contributed by atoms with Crippen molar-refractivity contribution in [1.29, 1.82) is 0 Å². The van der Waals surface area contributed by atoms with E-state index in [9.17, 15) is 9.90 Å². The first kappa shape index (κ1) is 14.1. The Morgan fingerprint density at radius 3 is 2.71 bits per heavy atom. The van der Waals surface area contributed by atoms with E-state index in [1.807, 2.05) is 36.4 Å². The number of hydrogen-bond acceptors (Lipinski definition) is 5. The molecule has 7 heteroatoms. The first-order valence-electron chi connectivity index (χ1n) is 7.36. The van der Waals surface area contributed by atoms with E-state index in [1.165, 1.54) is 0 Å². The van der Waals surface area contributed by atoms with Crippen molar-refractivity contribution in [2.45, 2.75) is 6.04 Å². The molecule has 0 radical (unpaired) electrons. The van der Waals surface area contributed by atoms with Gasteiger partial charge in [-0.3, -0.25) is 4.98 Å². The summed E-state index contributed by atoms with van der Waals surface area (Å²) in [6.45, 7) is 0. The molecule has 4 rings (SSSR count). The van der Waals surface area contributed by atoms with Crippen molar-refractivity contribution in [3.8, 4) is 11.4 Å². The number of fused-ring (bicyclic) bond motifs is 1. The van der Waals surface area contributed by atoms with Crippen LogP contribution in [0.1, 0.15) is 11.6 Å². The summed E-state index contributed by atoms with van der Waals surface area (Å²) in [6, 6.07) is 12.8. The summed E-state index contributed by atoms with van der Waals surface area (Å²) in [7, 11) is 0. The number of nitrogens with one attached hydrogen (secondary N) is 1. The van der Waals surface area contributed by atoms with Crippen LogP contribution in [0.4, 0.5) is 5.95 Å². The fourth-order valence-electron chi connectivity index (χ4n) is 2.62. The molecule has 0 aliphatic carbocycles. The number of hydrogen-bond donors (Lipinski definition) is 2. The molecule has 3 aromatic rings. The number of carbonyl (C=O) groups is 1. The van der Waals surface area contributed by atoms with Gasteiger partial charge in [0.15, 0.2) is 5.82 Å². The molecule has 1 unspecified atom stereocenters. The lowest BCUT2D eigenvalue weighted by Crippen LogP contribution is -2.24. The van der Waals surface area contributed by atoms with Crippen LogP contribution in [0.25, 0.3) is 11.4 Å². The van der Waals surface area contributed by atoms with E-state index in [0.29, 0.717) is 11.8 Å². The monoisotopic (exact) mass is 319 g/mol. The molecule has 7 nitrogen and oxygen atoms in total. The Labute approximate surface area is 137 Å². The number of allylic oxidation sites excluding steroid dienone is 1. The molecular formula is C17H13N5O2. The van der Waals surface area contributed by atoms with Gasteiger partial charge in [-0.2, -0.15) is 4.98 Å². The second-order valence-corrected chi connectivity index (χ2v) is 5.31. The first-order chi connectivity index (χ1) is 11.7. The maximum Gasteiger partial charge on any atom is 0.352 e. The minimum Gasteiger partial charge on any atom is -0.477 e. The Hall–Kier alpha value is -3.48. The molecule has 1 aliphatic heterocycles. The molecule has 1 atom stereocenters. The van der Waals surface area contributed by atoms with Crippen molar-refractivity contribution in [3.05, 3.63) is 72.2 Å². The van der Waals surface area contributed by atoms with Crippen LogP contribution in [0.3, 0.4) is 0 Å². The van der Waals surface area contributed by atoms with E-state index in [-0.39, 0.29) is 11.7 Å². The molecular weight excluding hydrogens is 306 g/mol. The summed E-state index contributed by atoms with van der Waals surface area (Å²) in [5.74, 6) is -0.117. The second kappa shape index (κ2) is 5.62. The largest absolute Gasteiger partial charge is 0.477 e. The Balaban J connectivity index is 1.83. The van der Waals surface area contributed by atoms with Crippen molar-refractivity contribution in [2.75, 3.05) is 5.32 Å². The van der Waals surface area contributed by atoms with Crippen molar-refractivity contribution in [2.24, 2.45) is 0 Å². The molecule has 0 saturated heterocycles. The third-order valence-electron chi connectivity index (χ3n) is 3.75. The van der Waals surface area contributed by atoms with Gasteiger partial charge in [0.1, 0.15) is 11.7 Å². The first-order valence-corrected chi connectivity index (χ1v) is 7.36. The van der Waals surface area contributed by atoms with Crippen LogP contribution in [0.2, 0.25) is 0 Å². The van der Waals surface area contributed by atoms with E-state index >= 15 is 0 Å². The molecule has 1 aliphatic rings. The molecule has 0 amide bonds. The number of pyridine rings is 1. The van der Waals surface area contributed by atoms with Crippen molar-refractivity contribution < 1.29 is 9.90 Å². The van der Waals surface area contributed by atoms with Gasteiger partial charge in [-0.1, -0.05) is 36.4 Å². The second-order valence-electron chi connectivity index (χ2n) is 5.31. The summed E-state index contributed by atoms with van der Waals surface area (Å²) in [4.78, 5) is 20.0. The van der Waals surface area contributed by atoms with Gasteiger partial charge in [-0.15, -0.1) is 5.10 Å². The third-order valence-corrected chi connectivity index (χ3v) is 3.75. The van der Waals surface area contributed by atoms with Crippen LogP contribution in [0.5, 0.6) is 0 Å². The van der Waals surface area contributed by atoms with E-state index in [4.69, 9.17) is 0 Å². The molecule has 0 bridgehead atoms. The number of nitrogens with zero attached hydrogens (tertiary/aromatic N) is 4. The normalized spacial score (nSPS) is 16.0.